The third kappa shape index (κ3) is 3.34. The largest absolute Gasteiger partial charge is 0.467 e. The first-order valence-electron chi connectivity index (χ1n) is 6.02. The number of rotatable bonds is 6. The summed E-state index contributed by atoms with van der Waals surface area (Å²) >= 11 is 1.33. The van der Waals surface area contributed by atoms with Crippen LogP contribution in [0.1, 0.15) is 18.6 Å². The zero-order valence-electron chi connectivity index (χ0n) is 10.2. The van der Waals surface area contributed by atoms with Crippen LogP contribution in [0.4, 0.5) is 0 Å². The topological polar surface area (TPSA) is 85.8 Å². The van der Waals surface area contributed by atoms with Crippen LogP contribution in [0, 0.1) is 0 Å². The van der Waals surface area contributed by atoms with E-state index in [9.17, 15) is 4.79 Å². The van der Waals surface area contributed by atoms with E-state index in [0.717, 1.165) is 18.6 Å². The minimum Gasteiger partial charge on any atom is -0.467 e. The Morgan fingerprint density at radius 3 is 3.21 bits per heavy atom. The quantitative estimate of drug-likeness (QED) is 0.783. The van der Waals surface area contributed by atoms with Gasteiger partial charge in [0.05, 0.1) is 12.0 Å². The molecule has 0 aliphatic heterocycles. The lowest BCUT2D eigenvalue weighted by molar-refractivity contribution is -0.118. The molecule has 7 nitrogen and oxygen atoms in total. The molecule has 1 aliphatic rings. The number of furan rings is 1. The van der Waals surface area contributed by atoms with Gasteiger partial charge in [0.2, 0.25) is 11.1 Å². The fourth-order valence-corrected chi connectivity index (χ4v) is 2.26. The number of aromatic nitrogens is 4. The van der Waals surface area contributed by atoms with E-state index < -0.39 is 0 Å². The number of nitrogens with one attached hydrogen (secondary N) is 1. The average molecular weight is 279 g/mol. The lowest BCUT2D eigenvalue weighted by atomic mass is 10.4. The molecule has 0 bridgehead atoms. The molecule has 0 spiro atoms. The minimum absolute atomic E-state index is 0.0278. The first kappa shape index (κ1) is 12.2. The lowest BCUT2D eigenvalue weighted by Crippen LogP contribution is -2.27. The van der Waals surface area contributed by atoms with Gasteiger partial charge in [-0.2, -0.15) is 0 Å². The molecular formula is C11H13N5O2S. The molecule has 0 unspecified atom stereocenters. The molecule has 19 heavy (non-hydrogen) atoms. The molecule has 1 amide bonds. The Kier molecular flexibility index (Phi) is 3.49. The van der Waals surface area contributed by atoms with E-state index >= 15 is 0 Å². The van der Waals surface area contributed by atoms with Crippen molar-refractivity contribution in [3.05, 3.63) is 24.2 Å². The van der Waals surface area contributed by atoms with E-state index in [-0.39, 0.29) is 5.91 Å². The van der Waals surface area contributed by atoms with Gasteiger partial charge in [-0.1, -0.05) is 11.8 Å². The molecule has 1 aliphatic carbocycles. The number of amides is 1. The van der Waals surface area contributed by atoms with E-state index in [1.54, 1.807) is 10.9 Å². The SMILES string of the molecule is O=C(CSc1nnnn1Cc1ccco1)NC1CC1. The Morgan fingerprint density at radius 2 is 2.47 bits per heavy atom. The molecule has 2 heterocycles. The standard InChI is InChI=1S/C11H13N5O2S/c17-10(12-8-3-4-8)7-19-11-13-14-15-16(11)6-9-2-1-5-18-9/h1-2,5,8H,3-4,6-7H2,(H,12,17). The van der Waals surface area contributed by atoms with Crippen LogP contribution in [-0.4, -0.2) is 37.9 Å². The third-order valence-electron chi connectivity index (χ3n) is 2.66. The second-order valence-corrected chi connectivity index (χ2v) is 5.27. The van der Waals surface area contributed by atoms with Crippen molar-refractivity contribution in [3.63, 3.8) is 0 Å². The van der Waals surface area contributed by atoms with Gasteiger partial charge >= 0.3 is 0 Å². The molecule has 1 fully saturated rings. The molecule has 8 heteroatoms. The van der Waals surface area contributed by atoms with Gasteiger partial charge < -0.3 is 9.73 Å². The molecule has 1 saturated carbocycles. The van der Waals surface area contributed by atoms with Crippen molar-refractivity contribution in [1.82, 2.24) is 25.5 Å². The number of carbonyl (C=O) groups is 1. The van der Waals surface area contributed by atoms with Crippen LogP contribution in [0.2, 0.25) is 0 Å². The smallest absolute Gasteiger partial charge is 0.230 e. The molecule has 0 atom stereocenters. The highest BCUT2D eigenvalue weighted by Gasteiger charge is 2.23. The predicted molar refractivity (Wildman–Crippen MR) is 67.5 cm³/mol. The first-order valence-corrected chi connectivity index (χ1v) is 7.00. The maximum absolute atomic E-state index is 11.6. The van der Waals surface area contributed by atoms with E-state index in [0.29, 0.717) is 23.5 Å². The summed E-state index contributed by atoms with van der Waals surface area (Å²) in [5.74, 6) is 1.13. The van der Waals surface area contributed by atoms with Crippen molar-refractivity contribution in [3.8, 4) is 0 Å². The van der Waals surface area contributed by atoms with Gasteiger partial charge in [-0.15, -0.1) is 5.10 Å². The summed E-state index contributed by atoms with van der Waals surface area (Å²) in [6.45, 7) is 0.465. The van der Waals surface area contributed by atoms with E-state index in [1.165, 1.54) is 11.8 Å². The number of hydrogen-bond acceptors (Lipinski definition) is 6. The van der Waals surface area contributed by atoms with Crippen LogP contribution < -0.4 is 5.32 Å². The van der Waals surface area contributed by atoms with Crippen LogP contribution in [0.5, 0.6) is 0 Å². The van der Waals surface area contributed by atoms with Gasteiger partial charge in [0.15, 0.2) is 0 Å². The fraction of sp³-hybridized carbons (Fsp3) is 0.455. The Hall–Kier alpha value is -1.83. The summed E-state index contributed by atoms with van der Waals surface area (Å²) in [4.78, 5) is 11.6. The molecule has 0 radical (unpaired) electrons. The summed E-state index contributed by atoms with van der Waals surface area (Å²) < 4.78 is 6.86. The molecule has 0 saturated heterocycles. The minimum atomic E-state index is 0.0278. The van der Waals surface area contributed by atoms with Crippen LogP contribution in [-0.2, 0) is 11.3 Å². The van der Waals surface area contributed by atoms with Crippen LogP contribution >= 0.6 is 11.8 Å². The molecular weight excluding hydrogens is 266 g/mol. The summed E-state index contributed by atoms with van der Waals surface area (Å²) in [5.41, 5.74) is 0. The van der Waals surface area contributed by atoms with Crippen molar-refractivity contribution in [2.75, 3.05) is 5.75 Å². The summed E-state index contributed by atoms with van der Waals surface area (Å²) in [7, 11) is 0. The Bertz CT molecular complexity index is 549. The number of tetrazole rings is 1. The maximum Gasteiger partial charge on any atom is 0.230 e. The van der Waals surface area contributed by atoms with Gasteiger partial charge in [-0.25, -0.2) is 4.68 Å². The Balaban J connectivity index is 1.55. The van der Waals surface area contributed by atoms with Crippen molar-refractivity contribution in [2.45, 2.75) is 30.6 Å². The average Bonchev–Trinajstić information content (AvgIpc) is 2.91. The van der Waals surface area contributed by atoms with Crippen LogP contribution in [0.25, 0.3) is 0 Å². The van der Waals surface area contributed by atoms with Crippen LogP contribution in [0.3, 0.4) is 0 Å². The van der Waals surface area contributed by atoms with Gasteiger partial charge in [0.25, 0.3) is 0 Å². The fourth-order valence-electron chi connectivity index (χ4n) is 1.58. The molecule has 100 valence electrons. The highest BCUT2D eigenvalue weighted by molar-refractivity contribution is 7.99. The second kappa shape index (κ2) is 5.43. The zero-order valence-corrected chi connectivity index (χ0v) is 11.0. The van der Waals surface area contributed by atoms with Crippen molar-refractivity contribution >= 4 is 17.7 Å². The van der Waals surface area contributed by atoms with Gasteiger partial charge in [0, 0.05) is 6.04 Å². The molecule has 0 aromatic carbocycles. The summed E-state index contributed by atoms with van der Waals surface area (Å²) in [6.07, 6.45) is 3.79. The normalized spacial score (nSPS) is 14.5. The number of hydrogen-bond donors (Lipinski definition) is 1. The van der Waals surface area contributed by atoms with Crippen molar-refractivity contribution < 1.29 is 9.21 Å². The summed E-state index contributed by atoms with van der Waals surface area (Å²) in [6, 6.07) is 4.05. The van der Waals surface area contributed by atoms with E-state index in [4.69, 9.17) is 4.42 Å². The second-order valence-electron chi connectivity index (χ2n) is 4.33. The lowest BCUT2D eigenvalue weighted by Gasteiger charge is -2.03. The number of thioether (sulfide) groups is 1. The highest BCUT2D eigenvalue weighted by atomic mass is 32.2. The van der Waals surface area contributed by atoms with Crippen molar-refractivity contribution in [2.24, 2.45) is 0 Å². The first-order chi connectivity index (χ1) is 9.31. The third-order valence-corrected chi connectivity index (χ3v) is 3.62. The molecule has 2 aromatic rings. The predicted octanol–water partition coefficient (Wildman–Crippen LogP) is 0.685. The van der Waals surface area contributed by atoms with Gasteiger partial charge in [-0.3, -0.25) is 4.79 Å². The highest BCUT2D eigenvalue weighted by Crippen LogP contribution is 2.20. The maximum atomic E-state index is 11.6. The number of carbonyl (C=O) groups excluding carboxylic acids is 1. The number of nitrogens with zero attached hydrogens (tertiary/aromatic N) is 4. The van der Waals surface area contributed by atoms with E-state index in [1.807, 2.05) is 12.1 Å². The van der Waals surface area contributed by atoms with Crippen molar-refractivity contribution in [1.29, 1.82) is 0 Å². The van der Waals surface area contributed by atoms with Crippen LogP contribution in [0.15, 0.2) is 28.0 Å². The van der Waals surface area contributed by atoms with Gasteiger partial charge in [0.1, 0.15) is 12.3 Å². The summed E-state index contributed by atoms with van der Waals surface area (Å²) in [5, 5.41) is 15.0. The monoisotopic (exact) mass is 279 g/mol. The Labute approximate surface area is 113 Å². The molecule has 1 N–H and O–H groups in total. The zero-order chi connectivity index (χ0) is 13.1. The van der Waals surface area contributed by atoms with Gasteiger partial charge in [-0.05, 0) is 35.4 Å². The molecule has 3 rings (SSSR count). The molecule has 2 aromatic heterocycles. The Morgan fingerprint density at radius 1 is 1.58 bits per heavy atom. The van der Waals surface area contributed by atoms with E-state index in [2.05, 4.69) is 20.8 Å².